The van der Waals surface area contributed by atoms with Crippen molar-refractivity contribution in [3.05, 3.63) is 42.0 Å². The van der Waals surface area contributed by atoms with Crippen molar-refractivity contribution in [3.63, 3.8) is 0 Å². The van der Waals surface area contributed by atoms with Crippen molar-refractivity contribution >= 4 is 40.4 Å². The van der Waals surface area contributed by atoms with Gasteiger partial charge in [0.1, 0.15) is 5.75 Å². The first-order valence-corrected chi connectivity index (χ1v) is 9.31. The number of rotatable bonds is 5. The summed E-state index contributed by atoms with van der Waals surface area (Å²) in [6.45, 7) is 5.45. The van der Waals surface area contributed by atoms with E-state index in [0.29, 0.717) is 15.4 Å². The molecule has 0 spiro atoms. The van der Waals surface area contributed by atoms with E-state index in [9.17, 15) is 4.79 Å². The third-order valence-corrected chi connectivity index (χ3v) is 7.64. The fourth-order valence-corrected chi connectivity index (χ4v) is 6.22. The molecule has 2 unspecified atom stereocenters. The summed E-state index contributed by atoms with van der Waals surface area (Å²) in [5, 5.41) is 0.642. The molecule has 0 N–H and O–H groups in total. The molecule has 2 atom stereocenters. The second-order valence-corrected chi connectivity index (χ2v) is 8.41. The van der Waals surface area contributed by atoms with Gasteiger partial charge in [-0.2, -0.15) is 0 Å². The van der Waals surface area contributed by atoms with Gasteiger partial charge in [0.25, 0.3) is 0 Å². The molecule has 0 aliphatic carbocycles. The van der Waals surface area contributed by atoms with Gasteiger partial charge < -0.3 is 4.74 Å². The van der Waals surface area contributed by atoms with E-state index in [1.165, 1.54) is 17.3 Å². The van der Waals surface area contributed by atoms with Gasteiger partial charge in [0.15, 0.2) is 0 Å². The van der Waals surface area contributed by atoms with Gasteiger partial charge in [-0.15, -0.1) is 23.5 Å². The summed E-state index contributed by atoms with van der Waals surface area (Å²) in [7, 11) is 1.68. The molecule has 1 aliphatic rings. The Morgan fingerprint density at radius 3 is 2.75 bits per heavy atom. The molecule has 2 rings (SSSR count). The van der Waals surface area contributed by atoms with Crippen LogP contribution in [0.1, 0.15) is 17.1 Å². The minimum absolute atomic E-state index is 0.114. The third-order valence-electron chi connectivity index (χ3n) is 2.89. The van der Waals surface area contributed by atoms with Crippen LogP contribution < -0.4 is 4.74 Å². The van der Waals surface area contributed by atoms with Crippen LogP contribution in [0.3, 0.4) is 0 Å². The van der Waals surface area contributed by atoms with Crippen LogP contribution in [0.2, 0.25) is 0 Å². The summed E-state index contributed by atoms with van der Waals surface area (Å²) >= 11 is 5.29. The number of thioether (sulfide) groups is 3. The highest BCUT2D eigenvalue weighted by Gasteiger charge is 2.27. The molecule has 20 heavy (non-hydrogen) atoms. The number of ether oxygens (including phenoxy) is 1. The summed E-state index contributed by atoms with van der Waals surface area (Å²) in [6.07, 6.45) is 0. The number of hydrogen-bond acceptors (Lipinski definition) is 5. The van der Waals surface area contributed by atoms with Crippen molar-refractivity contribution in [2.45, 2.75) is 16.8 Å². The van der Waals surface area contributed by atoms with Crippen LogP contribution in [0.15, 0.2) is 36.4 Å². The molecule has 0 amide bonds. The van der Waals surface area contributed by atoms with Gasteiger partial charge in [0.05, 0.1) is 11.7 Å². The van der Waals surface area contributed by atoms with Crippen LogP contribution in [0, 0.1) is 0 Å². The Kier molecular flexibility index (Phi) is 5.93. The van der Waals surface area contributed by atoms with Crippen LogP contribution >= 0.6 is 35.3 Å². The highest BCUT2D eigenvalue weighted by Crippen LogP contribution is 2.50. The van der Waals surface area contributed by atoms with Gasteiger partial charge in [0.2, 0.25) is 5.12 Å². The quantitative estimate of drug-likeness (QED) is 0.748. The van der Waals surface area contributed by atoms with Gasteiger partial charge in [0, 0.05) is 16.8 Å². The van der Waals surface area contributed by atoms with Crippen LogP contribution in [0.4, 0.5) is 0 Å². The van der Waals surface area contributed by atoms with Crippen molar-refractivity contribution < 1.29 is 9.53 Å². The number of hydrogen-bond donors (Lipinski definition) is 0. The summed E-state index contributed by atoms with van der Waals surface area (Å²) in [5.41, 5.74) is 1.96. The molecule has 1 heterocycles. The summed E-state index contributed by atoms with van der Waals surface area (Å²) in [6, 6.07) is 8.25. The second-order valence-electron chi connectivity index (χ2n) is 4.58. The first-order chi connectivity index (χ1) is 9.60. The minimum atomic E-state index is 0.114. The first kappa shape index (κ1) is 15.9. The van der Waals surface area contributed by atoms with Crippen molar-refractivity contribution in [1.29, 1.82) is 0 Å². The molecule has 1 fully saturated rings. The largest absolute Gasteiger partial charge is 0.497 e. The molecule has 0 bridgehead atoms. The van der Waals surface area contributed by atoms with Gasteiger partial charge in [-0.25, -0.2) is 0 Å². The zero-order valence-corrected chi connectivity index (χ0v) is 14.1. The molecule has 1 saturated heterocycles. The van der Waals surface area contributed by atoms with E-state index in [1.807, 2.05) is 35.7 Å². The Bertz CT molecular complexity index is 484. The molecule has 0 saturated carbocycles. The Balaban J connectivity index is 1.85. The van der Waals surface area contributed by atoms with Crippen molar-refractivity contribution in [2.24, 2.45) is 0 Å². The van der Waals surface area contributed by atoms with Crippen molar-refractivity contribution in [3.8, 4) is 5.75 Å². The molecule has 1 aliphatic heterocycles. The van der Waals surface area contributed by atoms with Gasteiger partial charge >= 0.3 is 0 Å². The number of benzene rings is 1. The maximum atomic E-state index is 11.6. The number of carbonyl (C=O) groups excluding carboxylic acids is 1. The van der Waals surface area contributed by atoms with E-state index in [-0.39, 0.29) is 5.12 Å². The molecular formula is C15H18O2S3. The van der Waals surface area contributed by atoms with E-state index >= 15 is 0 Å². The van der Waals surface area contributed by atoms with E-state index in [0.717, 1.165) is 17.3 Å². The smallest absolute Gasteiger partial charge is 0.214 e. The van der Waals surface area contributed by atoms with E-state index in [4.69, 9.17) is 4.74 Å². The lowest BCUT2D eigenvalue weighted by molar-refractivity contribution is -0.107. The van der Waals surface area contributed by atoms with Crippen molar-refractivity contribution in [1.82, 2.24) is 0 Å². The molecule has 0 aromatic heterocycles. The lowest BCUT2D eigenvalue weighted by Crippen LogP contribution is -2.07. The monoisotopic (exact) mass is 326 g/mol. The highest BCUT2D eigenvalue weighted by atomic mass is 32.2. The molecule has 5 heteroatoms. The fraction of sp³-hybridized carbons (Fsp3) is 0.400. The zero-order valence-electron chi connectivity index (χ0n) is 11.6. The molecule has 2 nitrogen and oxygen atoms in total. The van der Waals surface area contributed by atoms with E-state index in [2.05, 4.69) is 18.7 Å². The average Bonchev–Trinajstić information content (AvgIpc) is 2.93. The van der Waals surface area contributed by atoms with Gasteiger partial charge in [-0.1, -0.05) is 30.5 Å². The summed E-state index contributed by atoms with van der Waals surface area (Å²) in [5.74, 6) is 2.86. The van der Waals surface area contributed by atoms with Crippen LogP contribution in [0.25, 0.3) is 0 Å². The third kappa shape index (κ3) is 4.24. The number of methoxy groups -OCH3 is 1. The molecule has 1 aromatic carbocycles. The second kappa shape index (κ2) is 7.48. The first-order valence-electron chi connectivity index (χ1n) is 6.34. The van der Waals surface area contributed by atoms with Crippen LogP contribution in [-0.4, -0.2) is 29.0 Å². The average molecular weight is 327 g/mol. The Morgan fingerprint density at radius 1 is 1.45 bits per heavy atom. The highest BCUT2D eigenvalue weighted by molar-refractivity contribution is 8.21. The minimum Gasteiger partial charge on any atom is -0.497 e. The fourth-order valence-electron chi connectivity index (χ4n) is 1.76. The normalized spacial score (nSPS) is 21.7. The molecule has 0 radical (unpaired) electrons. The van der Waals surface area contributed by atoms with Crippen molar-refractivity contribution in [2.75, 3.05) is 18.6 Å². The summed E-state index contributed by atoms with van der Waals surface area (Å²) < 4.78 is 5.64. The maximum absolute atomic E-state index is 11.6. The molecule has 108 valence electrons. The Morgan fingerprint density at radius 2 is 2.15 bits per heavy atom. The topological polar surface area (TPSA) is 26.3 Å². The Labute approximate surface area is 133 Å². The standard InChI is InChI=1S/C15H18O2S3/c1-10(2)14(16)18-8-13-9-19-15(20-13)11-4-6-12(17-3)7-5-11/h4-7,13,15H,1,8-9H2,2-3H3. The predicted molar refractivity (Wildman–Crippen MR) is 91.9 cm³/mol. The summed E-state index contributed by atoms with van der Waals surface area (Å²) in [4.78, 5) is 11.6. The van der Waals surface area contributed by atoms with Crippen LogP contribution in [0.5, 0.6) is 5.75 Å². The Hall–Kier alpha value is -0.520. The number of carbonyl (C=O) groups is 1. The van der Waals surface area contributed by atoms with Gasteiger partial charge in [-0.3, -0.25) is 4.79 Å². The van der Waals surface area contributed by atoms with E-state index in [1.54, 1.807) is 14.0 Å². The predicted octanol–water partition coefficient (Wildman–Crippen LogP) is 4.38. The lowest BCUT2D eigenvalue weighted by atomic mass is 10.2. The SMILES string of the molecule is C=C(C)C(=O)SCC1CSC(c2ccc(OC)cc2)S1. The molecule has 1 aromatic rings. The lowest BCUT2D eigenvalue weighted by Gasteiger charge is -2.11. The maximum Gasteiger partial charge on any atom is 0.214 e. The molecular weight excluding hydrogens is 308 g/mol. The van der Waals surface area contributed by atoms with E-state index < -0.39 is 0 Å². The zero-order chi connectivity index (χ0) is 14.5. The van der Waals surface area contributed by atoms with Crippen LogP contribution in [-0.2, 0) is 4.79 Å². The van der Waals surface area contributed by atoms with Gasteiger partial charge in [-0.05, 0) is 30.2 Å².